The zero-order valence-corrected chi connectivity index (χ0v) is 13.6. The first-order valence-electron chi connectivity index (χ1n) is 7.58. The van der Waals surface area contributed by atoms with Gasteiger partial charge in [-0.1, -0.05) is 42.2 Å². The molecule has 2 aliphatic heterocycles. The lowest BCUT2D eigenvalue weighted by Crippen LogP contribution is -2.35. The van der Waals surface area contributed by atoms with Gasteiger partial charge in [0.15, 0.2) is 0 Å². The number of likely N-dealkylation sites (tertiary alicyclic amines) is 1. The van der Waals surface area contributed by atoms with Crippen molar-refractivity contribution in [2.24, 2.45) is 0 Å². The molecule has 1 atom stereocenters. The summed E-state index contributed by atoms with van der Waals surface area (Å²) in [4.78, 5) is 14.6. The van der Waals surface area contributed by atoms with E-state index in [1.165, 1.54) is 24.8 Å². The molecule has 112 valence electrons. The Morgan fingerprint density at radius 1 is 1.24 bits per heavy atom. The van der Waals surface area contributed by atoms with Crippen molar-refractivity contribution in [2.75, 3.05) is 18.4 Å². The number of aryl methyl sites for hydroxylation is 1. The maximum absolute atomic E-state index is 12.4. The number of carbonyl (C=O) groups is 1. The summed E-state index contributed by atoms with van der Waals surface area (Å²) < 4.78 is 0.890. The van der Waals surface area contributed by atoms with Crippen LogP contribution in [0.4, 0.5) is 5.69 Å². The first-order valence-corrected chi connectivity index (χ1v) is 8.87. The van der Waals surface area contributed by atoms with E-state index in [1.54, 1.807) is 11.8 Å². The Hall–Kier alpha value is -1.07. The van der Waals surface area contributed by atoms with E-state index in [1.807, 2.05) is 18.2 Å². The van der Waals surface area contributed by atoms with Crippen LogP contribution in [-0.4, -0.2) is 33.5 Å². The number of hydrogen-bond acceptors (Lipinski definition) is 3. The number of carbonyl (C=O) groups excluding carboxylic acids is 1. The molecule has 0 aliphatic carbocycles. The van der Waals surface area contributed by atoms with Gasteiger partial charge in [-0.3, -0.25) is 4.79 Å². The summed E-state index contributed by atoms with van der Waals surface area (Å²) in [5, 5.41) is 2.97. The molecular formula is C16H20N2OS2. The van der Waals surface area contributed by atoms with Crippen LogP contribution in [0.5, 0.6) is 0 Å². The van der Waals surface area contributed by atoms with E-state index in [9.17, 15) is 4.79 Å². The number of thioether (sulfide) groups is 1. The molecule has 1 N–H and O–H groups in total. The molecule has 0 spiro atoms. The highest BCUT2D eigenvalue weighted by molar-refractivity contribution is 8.23. The van der Waals surface area contributed by atoms with Gasteiger partial charge in [0.25, 0.3) is 0 Å². The molecule has 1 aromatic rings. The van der Waals surface area contributed by atoms with Gasteiger partial charge in [0.1, 0.15) is 4.32 Å². The highest BCUT2D eigenvalue weighted by atomic mass is 32.2. The standard InChI is InChI=1S/C16H20N2OS2/c19-15-14(21-16(20)18-10-4-1-5-11-18)9-8-12-6-2-3-7-13(12)17-15/h2-3,6-7,14H,1,4-5,8-11H2,(H,17,19). The molecular weight excluding hydrogens is 300 g/mol. The summed E-state index contributed by atoms with van der Waals surface area (Å²) in [5.41, 5.74) is 2.17. The number of benzene rings is 1. The summed E-state index contributed by atoms with van der Waals surface area (Å²) in [6.45, 7) is 2.08. The average molecular weight is 320 g/mol. The lowest BCUT2D eigenvalue weighted by molar-refractivity contribution is -0.115. The highest BCUT2D eigenvalue weighted by Gasteiger charge is 2.27. The predicted molar refractivity (Wildman–Crippen MR) is 92.8 cm³/mol. The summed E-state index contributed by atoms with van der Waals surface area (Å²) in [5.74, 6) is 0.0873. The number of fused-ring (bicyclic) bond motifs is 1. The van der Waals surface area contributed by atoms with Crippen LogP contribution >= 0.6 is 24.0 Å². The molecule has 3 rings (SSSR count). The number of nitrogens with zero attached hydrogens (tertiary/aromatic N) is 1. The summed E-state index contributed by atoms with van der Waals surface area (Å²) >= 11 is 7.11. The van der Waals surface area contributed by atoms with E-state index in [0.717, 1.165) is 35.9 Å². The van der Waals surface area contributed by atoms with Gasteiger partial charge >= 0.3 is 0 Å². The van der Waals surface area contributed by atoms with Crippen LogP contribution in [0.2, 0.25) is 0 Å². The van der Waals surface area contributed by atoms with Crippen molar-refractivity contribution in [1.29, 1.82) is 0 Å². The van der Waals surface area contributed by atoms with Crippen molar-refractivity contribution in [3.8, 4) is 0 Å². The maximum Gasteiger partial charge on any atom is 0.237 e. The number of hydrogen-bond donors (Lipinski definition) is 1. The molecule has 0 radical (unpaired) electrons. The number of amides is 1. The van der Waals surface area contributed by atoms with E-state index in [4.69, 9.17) is 12.2 Å². The quantitative estimate of drug-likeness (QED) is 0.803. The van der Waals surface area contributed by atoms with Gasteiger partial charge in [-0.15, -0.1) is 0 Å². The Kier molecular flexibility index (Phi) is 4.80. The largest absolute Gasteiger partial charge is 0.358 e. The Morgan fingerprint density at radius 3 is 2.81 bits per heavy atom. The molecule has 1 unspecified atom stereocenters. The minimum absolute atomic E-state index is 0.0770. The second kappa shape index (κ2) is 6.79. The molecule has 1 aromatic carbocycles. The van der Waals surface area contributed by atoms with Gasteiger partial charge in [0.05, 0.1) is 5.25 Å². The van der Waals surface area contributed by atoms with Crippen LogP contribution in [0.25, 0.3) is 0 Å². The Balaban J connectivity index is 1.64. The molecule has 5 heteroatoms. The van der Waals surface area contributed by atoms with Gasteiger partial charge in [-0.05, 0) is 43.7 Å². The van der Waals surface area contributed by atoms with Crippen LogP contribution in [0.15, 0.2) is 24.3 Å². The molecule has 2 heterocycles. The first-order chi connectivity index (χ1) is 10.2. The fourth-order valence-corrected chi connectivity index (χ4v) is 4.38. The van der Waals surface area contributed by atoms with Crippen LogP contribution < -0.4 is 5.32 Å². The van der Waals surface area contributed by atoms with Crippen LogP contribution in [0.1, 0.15) is 31.2 Å². The number of piperidine rings is 1. The van der Waals surface area contributed by atoms with Crippen LogP contribution in [0, 0.1) is 0 Å². The Bertz CT molecular complexity index is 541. The normalized spacial score (nSPS) is 22.2. The van der Waals surface area contributed by atoms with Crippen molar-refractivity contribution in [1.82, 2.24) is 4.90 Å². The molecule has 3 nitrogen and oxygen atoms in total. The van der Waals surface area contributed by atoms with Crippen LogP contribution in [0.3, 0.4) is 0 Å². The predicted octanol–water partition coefficient (Wildman–Crippen LogP) is 3.44. The lowest BCUT2D eigenvalue weighted by Gasteiger charge is -2.29. The molecule has 2 aliphatic rings. The number of nitrogens with one attached hydrogen (secondary N) is 1. The van der Waals surface area contributed by atoms with Crippen LogP contribution in [-0.2, 0) is 11.2 Å². The Morgan fingerprint density at radius 2 is 2.00 bits per heavy atom. The van der Waals surface area contributed by atoms with Crippen molar-refractivity contribution < 1.29 is 4.79 Å². The van der Waals surface area contributed by atoms with Gasteiger partial charge in [-0.2, -0.15) is 0 Å². The molecule has 0 bridgehead atoms. The molecule has 0 saturated carbocycles. The zero-order valence-electron chi connectivity index (χ0n) is 12.0. The topological polar surface area (TPSA) is 32.3 Å². The van der Waals surface area contributed by atoms with Crippen molar-refractivity contribution in [3.05, 3.63) is 29.8 Å². The van der Waals surface area contributed by atoms with E-state index in [-0.39, 0.29) is 11.2 Å². The van der Waals surface area contributed by atoms with Gasteiger partial charge < -0.3 is 10.2 Å². The monoisotopic (exact) mass is 320 g/mol. The molecule has 0 aromatic heterocycles. The summed E-state index contributed by atoms with van der Waals surface area (Å²) in [6.07, 6.45) is 5.49. The fraction of sp³-hybridized carbons (Fsp3) is 0.500. The number of thiocarbonyl (C=S) groups is 1. The van der Waals surface area contributed by atoms with E-state index >= 15 is 0 Å². The minimum Gasteiger partial charge on any atom is -0.358 e. The van der Waals surface area contributed by atoms with Gasteiger partial charge in [-0.25, -0.2) is 0 Å². The highest BCUT2D eigenvalue weighted by Crippen LogP contribution is 2.29. The third-order valence-corrected chi connectivity index (χ3v) is 5.84. The van der Waals surface area contributed by atoms with E-state index in [0.29, 0.717) is 0 Å². The van der Waals surface area contributed by atoms with Crippen molar-refractivity contribution in [2.45, 2.75) is 37.4 Å². The minimum atomic E-state index is -0.0770. The third-order valence-electron chi connectivity index (χ3n) is 4.10. The average Bonchev–Trinajstić information content (AvgIpc) is 2.67. The number of anilines is 1. The van der Waals surface area contributed by atoms with Crippen molar-refractivity contribution >= 4 is 39.9 Å². The maximum atomic E-state index is 12.4. The fourth-order valence-electron chi connectivity index (χ4n) is 2.88. The molecule has 1 fully saturated rings. The smallest absolute Gasteiger partial charge is 0.237 e. The van der Waals surface area contributed by atoms with E-state index in [2.05, 4.69) is 16.3 Å². The number of para-hydroxylation sites is 1. The summed E-state index contributed by atoms with van der Waals surface area (Å²) in [7, 11) is 0. The zero-order chi connectivity index (χ0) is 14.7. The Labute approximate surface area is 135 Å². The second-order valence-electron chi connectivity index (χ2n) is 5.61. The first kappa shape index (κ1) is 14.9. The SMILES string of the molecule is O=C1Nc2ccccc2CCC1SC(=S)N1CCCCC1. The van der Waals surface area contributed by atoms with E-state index < -0.39 is 0 Å². The summed E-state index contributed by atoms with van der Waals surface area (Å²) in [6, 6.07) is 8.05. The lowest BCUT2D eigenvalue weighted by atomic mass is 10.1. The van der Waals surface area contributed by atoms with Gasteiger partial charge in [0, 0.05) is 18.8 Å². The molecule has 21 heavy (non-hydrogen) atoms. The second-order valence-corrected chi connectivity index (χ2v) is 7.44. The number of rotatable bonds is 1. The molecule has 1 amide bonds. The van der Waals surface area contributed by atoms with Gasteiger partial charge in [0.2, 0.25) is 5.91 Å². The third kappa shape index (κ3) is 3.58. The molecule has 1 saturated heterocycles. The van der Waals surface area contributed by atoms with Crippen molar-refractivity contribution in [3.63, 3.8) is 0 Å².